The topological polar surface area (TPSA) is 382 Å². The number of amides is 6. The zero-order valence-electron chi connectivity index (χ0n) is 50.0. The molecule has 0 aliphatic heterocycles. The van der Waals surface area contributed by atoms with Crippen LogP contribution in [-0.4, -0.2) is 97.7 Å². The van der Waals surface area contributed by atoms with Crippen LogP contribution in [0.3, 0.4) is 0 Å². The van der Waals surface area contributed by atoms with Gasteiger partial charge >= 0.3 is 18.1 Å². The summed E-state index contributed by atoms with van der Waals surface area (Å²) in [6.45, 7) is 17.4. The van der Waals surface area contributed by atoms with Gasteiger partial charge in [0, 0.05) is 29.7 Å². The zero-order chi connectivity index (χ0) is 65.0. The third kappa shape index (κ3) is 16.2. The molecule has 462 valence electrons. The molecule has 0 aliphatic rings. The van der Waals surface area contributed by atoms with Crippen LogP contribution in [0.2, 0.25) is 0 Å². The number of aromatic nitrogens is 16. The Morgan fingerprint density at radius 2 is 0.778 bits per heavy atom. The Labute approximate surface area is 512 Å². The first-order valence-corrected chi connectivity index (χ1v) is 27.7. The number of hydrogen-bond acceptors (Lipinski definition) is 19. The van der Waals surface area contributed by atoms with Crippen molar-refractivity contribution in [1.82, 2.24) is 79.6 Å². The van der Waals surface area contributed by atoms with Crippen molar-refractivity contribution in [2.45, 2.75) is 62.3 Å². The maximum Gasteiger partial charge on any atom is 0.325 e. The van der Waals surface area contributed by atoms with Crippen molar-refractivity contribution >= 4 is 86.5 Å². The van der Waals surface area contributed by atoms with E-state index >= 15 is 0 Å². The van der Waals surface area contributed by atoms with Crippen LogP contribution in [0.1, 0.15) is 58.2 Å². The number of rotatable bonds is 9. The largest absolute Gasteiger partial charge is 0.380 e. The summed E-state index contributed by atoms with van der Waals surface area (Å²) in [6.07, 6.45) is 12.2. The molecule has 12 N–H and O–H groups in total. The van der Waals surface area contributed by atoms with Crippen molar-refractivity contribution in [2.75, 3.05) is 49.1 Å². The second-order valence-corrected chi connectivity index (χ2v) is 18.0. The number of nitrogens with one attached hydrogen (secondary N) is 6. The van der Waals surface area contributed by atoms with Gasteiger partial charge in [-0.3, -0.25) is 15.6 Å². The summed E-state index contributed by atoms with van der Waals surface area (Å²) in [7, 11) is 0. The molecule has 12 aromatic rings. The minimum absolute atomic E-state index is 0.0606. The van der Waals surface area contributed by atoms with Gasteiger partial charge in [0.2, 0.25) is 0 Å². The van der Waals surface area contributed by atoms with E-state index in [2.05, 4.69) is 98.0 Å². The number of carbonyl (C=O) groups is 3. The predicted molar refractivity (Wildman–Crippen MR) is 338 cm³/mol. The van der Waals surface area contributed by atoms with Crippen LogP contribution in [0.25, 0.3) is 50.6 Å². The van der Waals surface area contributed by atoms with Crippen LogP contribution in [0.15, 0.2) is 141 Å². The number of anilines is 9. The normalized spacial score (nSPS) is 10.3. The number of nitrogen functional groups attached to an aromatic ring is 3. The van der Waals surface area contributed by atoms with Crippen molar-refractivity contribution in [2.24, 2.45) is 0 Å². The van der Waals surface area contributed by atoms with E-state index in [-0.39, 0.29) is 52.0 Å². The molecule has 9 aromatic heterocycles. The number of aryl methyl sites for hydroxylation is 3. The first-order valence-electron chi connectivity index (χ1n) is 27.7. The molecule has 0 fully saturated rings. The van der Waals surface area contributed by atoms with Crippen molar-refractivity contribution < 1.29 is 27.6 Å². The van der Waals surface area contributed by atoms with Gasteiger partial charge in [-0.05, 0) is 110 Å². The van der Waals surface area contributed by atoms with Gasteiger partial charge < -0.3 is 38.5 Å². The quantitative estimate of drug-likeness (QED) is 0.0648. The van der Waals surface area contributed by atoms with Gasteiger partial charge in [-0.2, -0.15) is 0 Å². The van der Waals surface area contributed by atoms with Crippen LogP contribution < -0.4 is 49.1 Å². The lowest BCUT2D eigenvalue weighted by atomic mass is 10.1. The Bertz CT molecular complexity index is 3970. The lowest BCUT2D eigenvalue weighted by molar-refractivity contribution is 0.261. The molecule has 0 unspecified atom stereocenters. The van der Waals surface area contributed by atoms with E-state index < -0.39 is 35.5 Å². The standard InChI is InChI=1S/2C18H15FN8O.C17H14FN9O.3C2H6/c1-10-4-5-13(19)14(7-10)24-18(28)23-11-8-21-17(22-9-11)12-3-2-6-27-15(12)16(20)25-26-27;1-10-4-5-12(19)13(7-10)23-18(28)24-15-9-21-14(8-22-15)11-3-2-6-27-16(11)17(20)25-26-27;1-9-4-5-11(18)12(7-9)21-17(28)22-13-8-20-16(25-23-13)10-3-2-6-27-14(10)15(19)24-26-27;3*1-2/h2-9H,20H2,1H3,(H2,23,24,28);2-9H,20H2,1H3,(H2,22,23,24,28);2-8H,19H2,1H3,(H2,21,22,23,28);3*1-2H3. The molecule has 0 bridgehead atoms. The number of hydrogen-bond donors (Lipinski definition) is 9. The van der Waals surface area contributed by atoms with Gasteiger partial charge in [-0.25, -0.2) is 61.0 Å². The molecule has 0 radical (unpaired) electrons. The Morgan fingerprint density at radius 1 is 0.400 bits per heavy atom. The third-order valence-electron chi connectivity index (χ3n) is 11.9. The Balaban J connectivity index is 0.000000184. The molecular weight excluding hydrogens is 1160 g/mol. The molecule has 0 aliphatic carbocycles. The molecular formula is C59H62F3N25O3. The number of benzene rings is 3. The molecule has 0 atom stereocenters. The van der Waals surface area contributed by atoms with E-state index in [0.717, 1.165) is 16.7 Å². The summed E-state index contributed by atoms with van der Waals surface area (Å²) in [5.41, 5.74) is 24.9. The van der Waals surface area contributed by atoms with Gasteiger partial charge in [0.15, 0.2) is 40.7 Å². The molecule has 6 amide bonds. The molecule has 12 rings (SSSR count). The van der Waals surface area contributed by atoms with Gasteiger partial charge in [-0.1, -0.05) is 75.4 Å². The first kappa shape index (κ1) is 65.2. The highest BCUT2D eigenvalue weighted by atomic mass is 19.1. The van der Waals surface area contributed by atoms with Gasteiger partial charge in [0.25, 0.3) is 0 Å². The highest BCUT2D eigenvalue weighted by Gasteiger charge is 2.17. The summed E-state index contributed by atoms with van der Waals surface area (Å²) in [6, 6.07) is 22.1. The molecule has 9 heterocycles. The summed E-state index contributed by atoms with van der Waals surface area (Å²) in [5, 5.41) is 46.0. The van der Waals surface area contributed by atoms with E-state index in [9.17, 15) is 27.6 Å². The fourth-order valence-electron chi connectivity index (χ4n) is 8.03. The van der Waals surface area contributed by atoms with Crippen molar-refractivity contribution in [3.8, 4) is 34.0 Å². The zero-order valence-corrected chi connectivity index (χ0v) is 50.0. The van der Waals surface area contributed by atoms with Crippen LogP contribution in [0.4, 0.5) is 79.4 Å². The smallest absolute Gasteiger partial charge is 0.325 e. The number of pyridine rings is 3. The van der Waals surface area contributed by atoms with Gasteiger partial charge in [0.1, 0.15) is 34.0 Å². The molecule has 28 nitrogen and oxygen atoms in total. The van der Waals surface area contributed by atoms with E-state index in [0.29, 0.717) is 50.4 Å². The van der Waals surface area contributed by atoms with E-state index in [4.69, 9.17) is 17.2 Å². The number of nitrogens with two attached hydrogens (primary N) is 3. The molecule has 31 heteroatoms. The maximum atomic E-state index is 13.8. The van der Waals surface area contributed by atoms with Crippen molar-refractivity contribution in [3.05, 3.63) is 175 Å². The van der Waals surface area contributed by atoms with E-state index in [1.807, 2.05) is 47.6 Å². The number of urea groups is 3. The van der Waals surface area contributed by atoms with Crippen LogP contribution in [0.5, 0.6) is 0 Å². The average Bonchev–Trinajstić information content (AvgIpc) is 1.83. The summed E-state index contributed by atoms with van der Waals surface area (Å²) in [4.78, 5) is 57.5. The molecule has 3 aromatic carbocycles. The van der Waals surface area contributed by atoms with Crippen LogP contribution in [-0.2, 0) is 0 Å². The lowest BCUT2D eigenvalue weighted by Crippen LogP contribution is -2.21. The van der Waals surface area contributed by atoms with Crippen LogP contribution >= 0.6 is 0 Å². The Hall–Kier alpha value is -12.3. The fraction of sp³-hybridized carbons (Fsp3) is 0.153. The second-order valence-electron chi connectivity index (χ2n) is 18.0. The molecule has 0 spiro atoms. The maximum absolute atomic E-state index is 13.8. The number of carbonyl (C=O) groups excluding carboxylic acids is 3. The Morgan fingerprint density at radius 3 is 1.19 bits per heavy atom. The number of fused-ring (bicyclic) bond motifs is 3. The first-order chi connectivity index (χ1) is 43.5. The summed E-state index contributed by atoms with van der Waals surface area (Å²) < 4.78 is 45.8. The van der Waals surface area contributed by atoms with E-state index in [1.54, 1.807) is 98.5 Å². The SMILES string of the molecule is CC.CC.CC.Cc1ccc(F)c(NC(=O)Nc2cnc(-c3cccn4nnc(N)c34)cn2)c1.Cc1ccc(F)c(NC(=O)Nc2cnc(-c3cccn4nnc(N)c34)nc2)c1.Cc1ccc(F)c(NC(=O)Nc2cnc(-c3cccn4nnc(N)c34)nn2)c1. The highest BCUT2D eigenvalue weighted by molar-refractivity contribution is 6.01. The minimum Gasteiger partial charge on any atom is -0.380 e. The van der Waals surface area contributed by atoms with Gasteiger partial charge in [0.05, 0.1) is 65.0 Å². The van der Waals surface area contributed by atoms with Gasteiger partial charge in [-0.15, -0.1) is 25.5 Å². The van der Waals surface area contributed by atoms with E-state index in [1.165, 1.54) is 70.3 Å². The number of halogens is 3. The monoisotopic (exact) mass is 1230 g/mol. The molecule has 0 saturated carbocycles. The third-order valence-corrected chi connectivity index (χ3v) is 11.9. The van der Waals surface area contributed by atoms with Crippen LogP contribution in [0, 0.1) is 38.2 Å². The summed E-state index contributed by atoms with van der Waals surface area (Å²) >= 11 is 0. The number of nitrogens with zero attached hydrogens (tertiary/aromatic N) is 16. The average molecular weight is 1230 g/mol. The fourth-order valence-corrected chi connectivity index (χ4v) is 8.03. The van der Waals surface area contributed by atoms with Crippen molar-refractivity contribution in [1.29, 1.82) is 0 Å². The molecule has 0 saturated heterocycles. The second kappa shape index (κ2) is 30.7. The predicted octanol–water partition coefficient (Wildman–Crippen LogP) is 11.1. The van der Waals surface area contributed by atoms with Crippen molar-refractivity contribution in [3.63, 3.8) is 0 Å². The molecule has 90 heavy (non-hydrogen) atoms. The highest BCUT2D eigenvalue weighted by Crippen LogP contribution is 2.28. The minimum atomic E-state index is -0.667. The lowest BCUT2D eigenvalue weighted by Gasteiger charge is -2.09. The Kier molecular flexibility index (Phi) is 22.2. The summed E-state index contributed by atoms with van der Waals surface area (Å²) in [5.74, 6) is 0.184.